The highest BCUT2D eigenvalue weighted by Crippen LogP contribution is 2.50. The second kappa shape index (κ2) is 2.95. The van der Waals surface area contributed by atoms with Crippen LogP contribution in [-0.4, -0.2) is 34.8 Å². The molecule has 5 nitrogen and oxygen atoms in total. The smallest absolute Gasteiger partial charge is 0.144 e. The second-order valence-electron chi connectivity index (χ2n) is 4.15. The van der Waals surface area contributed by atoms with Gasteiger partial charge >= 0.3 is 0 Å². The normalized spacial score (nSPS) is 34.2. The van der Waals surface area contributed by atoms with Crippen molar-refractivity contribution in [2.75, 3.05) is 25.1 Å². The summed E-state index contributed by atoms with van der Waals surface area (Å²) >= 11 is 0. The van der Waals surface area contributed by atoms with E-state index in [9.17, 15) is 0 Å². The molecule has 2 atom stereocenters. The third-order valence-electron chi connectivity index (χ3n) is 3.36. The molecule has 1 aromatic rings. The molecule has 1 aliphatic carbocycles. The van der Waals surface area contributed by atoms with Crippen LogP contribution in [0.4, 0.5) is 5.82 Å². The minimum atomic E-state index is 0.804. The number of hydrogen-bond acceptors (Lipinski definition) is 4. The summed E-state index contributed by atoms with van der Waals surface area (Å²) in [7, 11) is 1.90. The molecular formula is C9H14N4O. The van der Waals surface area contributed by atoms with Crippen LogP contribution in [0.25, 0.3) is 0 Å². The van der Waals surface area contributed by atoms with Crippen LogP contribution in [0.5, 0.6) is 0 Å². The van der Waals surface area contributed by atoms with Crippen LogP contribution < -0.4 is 5.32 Å². The van der Waals surface area contributed by atoms with Crippen molar-refractivity contribution in [2.24, 2.45) is 24.8 Å². The Morgan fingerprint density at radius 1 is 1.57 bits per heavy atom. The van der Waals surface area contributed by atoms with Crippen LogP contribution in [0.15, 0.2) is 6.20 Å². The molecule has 5 heteroatoms. The summed E-state index contributed by atoms with van der Waals surface area (Å²) in [4.78, 5) is 0. The predicted octanol–water partition coefficient (Wildman–Crippen LogP) is 0.119. The molecule has 14 heavy (non-hydrogen) atoms. The number of nitrogens with one attached hydrogen (secondary N) is 1. The van der Waals surface area contributed by atoms with E-state index in [0.29, 0.717) is 0 Å². The molecule has 2 fully saturated rings. The standard InChI is InChI=1S/C9H14N4O/c1-13-9(3-11-12-13)10-2-6-7-4-14-5-8(6)7/h3,6-8,10H,2,4-5H2,1H3. The first-order chi connectivity index (χ1) is 6.86. The molecule has 1 aromatic heterocycles. The zero-order chi connectivity index (χ0) is 9.54. The fraction of sp³-hybridized carbons (Fsp3) is 0.778. The first kappa shape index (κ1) is 8.23. The molecule has 0 amide bonds. The third kappa shape index (κ3) is 1.19. The van der Waals surface area contributed by atoms with Gasteiger partial charge in [-0.15, -0.1) is 5.10 Å². The molecule has 1 N–H and O–H groups in total. The highest BCUT2D eigenvalue weighted by atomic mass is 16.5. The van der Waals surface area contributed by atoms with Crippen molar-refractivity contribution in [1.29, 1.82) is 0 Å². The Labute approximate surface area is 82.4 Å². The molecule has 0 radical (unpaired) electrons. The average Bonchev–Trinajstić information content (AvgIpc) is 2.57. The SMILES string of the molecule is Cn1nncc1NCC1C2COCC12. The Bertz CT molecular complexity index is 327. The summed E-state index contributed by atoms with van der Waals surface area (Å²) in [6.45, 7) is 2.95. The number of ether oxygens (including phenoxy) is 1. The monoisotopic (exact) mass is 194 g/mol. The van der Waals surface area contributed by atoms with Crippen LogP contribution >= 0.6 is 0 Å². The van der Waals surface area contributed by atoms with Crippen molar-refractivity contribution in [1.82, 2.24) is 15.0 Å². The van der Waals surface area contributed by atoms with Crippen molar-refractivity contribution in [3.05, 3.63) is 6.20 Å². The maximum absolute atomic E-state index is 5.34. The fourth-order valence-electron chi connectivity index (χ4n) is 2.33. The molecule has 0 spiro atoms. The van der Waals surface area contributed by atoms with Gasteiger partial charge in [0.2, 0.25) is 0 Å². The quantitative estimate of drug-likeness (QED) is 0.742. The first-order valence-electron chi connectivity index (χ1n) is 5.02. The summed E-state index contributed by atoms with van der Waals surface area (Å²) in [6.07, 6.45) is 1.76. The van der Waals surface area contributed by atoms with Crippen molar-refractivity contribution in [2.45, 2.75) is 0 Å². The van der Waals surface area contributed by atoms with Gasteiger partial charge in [-0.3, -0.25) is 0 Å². The first-order valence-corrected chi connectivity index (χ1v) is 5.02. The molecule has 2 heterocycles. The minimum Gasteiger partial charge on any atom is -0.381 e. The van der Waals surface area contributed by atoms with E-state index in [-0.39, 0.29) is 0 Å². The lowest BCUT2D eigenvalue weighted by Crippen LogP contribution is -2.12. The average molecular weight is 194 g/mol. The molecule has 2 aliphatic rings. The molecule has 0 bridgehead atoms. The summed E-state index contributed by atoms with van der Waals surface area (Å²) in [5, 5.41) is 11.1. The second-order valence-corrected chi connectivity index (χ2v) is 4.15. The molecule has 0 aromatic carbocycles. The summed E-state index contributed by atoms with van der Waals surface area (Å²) in [5.74, 6) is 3.42. The van der Waals surface area contributed by atoms with E-state index in [0.717, 1.165) is 43.3 Å². The van der Waals surface area contributed by atoms with Crippen molar-refractivity contribution >= 4 is 5.82 Å². The number of aromatic nitrogens is 3. The van der Waals surface area contributed by atoms with Crippen LogP contribution in [0.3, 0.4) is 0 Å². The lowest BCUT2D eigenvalue weighted by atomic mass is 10.3. The van der Waals surface area contributed by atoms with E-state index < -0.39 is 0 Å². The maximum Gasteiger partial charge on any atom is 0.144 e. The number of aryl methyl sites for hydroxylation is 1. The van der Waals surface area contributed by atoms with E-state index in [2.05, 4.69) is 15.6 Å². The Morgan fingerprint density at radius 2 is 2.36 bits per heavy atom. The summed E-state index contributed by atoms with van der Waals surface area (Å²) in [5.41, 5.74) is 0. The molecule has 2 unspecified atom stereocenters. The zero-order valence-corrected chi connectivity index (χ0v) is 8.18. The predicted molar refractivity (Wildman–Crippen MR) is 50.8 cm³/mol. The van der Waals surface area contributed by atoms with E-state index in [1.807, 2.05) is 7.05 Å². The molecular weight excluding hydrogens is 180 g/mol. The van der Waals surface area contributed by atoms with E-state index in [1.165, 1.54) is 0 Å². The largest absolute Gasteiger partial charge is 0.381 e. The number of nitrogens with zero attached hydrogens (tertiary/aromatic N) is 3. The highest BCUT2D eigenvalue weighted by Gasteiger charge is 2.53. The lowest BCUT2D eigenvalue weighted by molar-refractivity contribution is 0.153. The van der Waals surface area contributed by atoms with Gasteiger partial charge in [0.05, 0.1) is 19.4 Å². The van der Waals surface area contributed by atoms with Crippen LogP contribution in [0.1, 0.15) is 0 Å². The van der Waals surface area contributed by atoms with Crippen LogP contribution in [0, 0.1) is 17.8 Å². The van der Waals surface area contributed by atoms with E-state index in [1.54, 1.807) is 10.9 Å². The number of rotatable bonds is 3. The molecule has 1 aliphatic heterocycles. The summed E-state index contributed by atoms with van der Waals surface area (Å²) in [6, 6.07) is 0. The number of hydrogen-bond donors (Lipinski definition) is 1. The number of anilines is 1. The topological polar surface area (TPSA) is 52.0 Å². The van der Waals surface area contributed by atoms with Crippen LogP contribution in [0.2, 0.25) is 0 Å². The maximum atomic E-state index is 5.34. The summed E-state index contributed by atoms with van der Waals surface area (Å²) < 4.78 is 7.10. The Morgan fingerprint density at radius 3 is 3.00 bits per heavy atom. The van der Waals surface area contributed by atoms with Gasteiger partial charge in [0.1, 0.15) is 5.82 Å². The molecule has 3 rings (SSSR count). The van der Waals surface area contributed by atoms with Gasteiger partial charge in [0, 0.05) is 13.6 Å². The molecule has 1 saturated carbocycles. The van der Waals surface area contributed by atoms with Crippen LogP contribution in [-0.2, 0) is 11.8 Å². The van der Waals surface area contributed by atoms with Gasteiger partial charge in [0.15, 0.2) is 0 Å². The minimum absolute atomic E-state index is 0.804. The Balaban J connectivity index is 1.54. The van der Waals surface area contributed by atoms with Crippen molar-refractivity contribution in [3.63, 3.8) is 0 Å². The van der Waals surface area contributed by atoms with Gasteiger partial charge in [-0.25, -0.2) is 4.68 Å². The lowest BCUT2D eigenvalue weighted by Gasteiger charge is -2.06. The Kier molecular flexibility index (Phi) is 1.73. The van der Waals surface area contributed by atoms with Crippen molar-refractivity contribution in [3.8, 4) is 0 Å². The van der Waals surface area contributed by atoms with Gasteiger partial charge in [-0.05, 0) is 17.8 Å². The Hall–Kier alpha value is -1.10. The zero-order valence-electron chi connectivity index (χ0n) is 8.18. The van der Waals surface area contributed by atoms with Crippen molar-refractivity contribution < 1.29 is 4.74 Å². The van der Waals surface area contributed by atoms with Gasteiger partial charge in [-0.1, -0.05) is 5.21 Å². The fourth-order valence-corrected chi connectivity index (χ4v) is 2.33. The molecule has 1 saturated heterocycles. The van der Waals surface area contributed by atoms with E-state index >= 15 is 0 Å². The van der Waals surface area contributed by atoms with Gasteiger partial charge < -0.3 is 10.1 Å². The van der Waals surface area contributed by atoms with Gasteiger partial charge in [0.25, 0.3) is 0 Å². The van der Waals surface area contributed by atoms with Gasteiger partial charge in [-0.2, -0.15) is 0 Å². The molecule has 76 valence electrons. The third-order valence-corrected chi connectivity index (χ3v) is 3.36. The number of fused-ring (bicyclic) bond motifs is 1. The van der Waals surface area contributed by atoms with E-state index in [4.69, 9.17) is 4.74 Å². The highest BCUT2D eigenvalue weighted by molar-refractivity contribution is 5.31.